The Morgan fingerprint density at radius 2 is 1.75 bits per heavy atom. The molecular weight excluding hydrogens is 392 g/mol. The van der Waals surface area contributed by atoms with Crippen molar-refractivity contribution in [2.45, 2.75) is 18.4 Å². The zero-order valence-corrected chi connectivity index (χ0v) is 17.4. The molecule has 1 heterocycles. The number of anilines is 1. The van der Waals surface area contributed by atoms with Gasteiger partial charge in [0.1, 0.15) is 0 Å². The molecule has 0 N–H and O–H groups in total. The fourth-order valence-electron chi connectivity index (χ4n) is 2.82. The molecule has 0 fully saturated rings. The first-order chi connectivity index (χ1) is 13.4. The lowest BCUT2D eigenvalue weighted by Gasteiger charge is -2.22. The highest BCUT2D eigenvalue weighted by Gasteiger charge is 2.23. The van der Waals surface area contributed by atoms with Gasteiger partial charge in [-0.2, -0.15) is 0 Å². The molecule has 7 heteroatoms. The van der Waals surface area contributed by atoms with Gasteiger partial charge in [-0.15, -0.1) is 11.3 Å². The fourth-order valence-corrected chi connectivity index (χ4v) is 4.79. The number of nitrogens with zero attached hydrogens (tertiary/aromatic N) is 2. The minimum absolute atomic E-state index is 0.0943. The molecule has 0 saturated heterocycles. The Kier molecular flexibility index (Phi) is 6.16. The van der Waals surface area contributed by atoms with Gasteiger partial charge in [0, 0.05) is 24.0 Å². The minimum atomic E-state index is -3.77. The molecule has 0 aliphatic rings. The van der Waals surface area contributed by atoms with E-state index in [9.17, 15) is 13.2 Å². The molecule has 3 rings (SSSR count). The third kappa shape index (κ3) is 4.26. The quantitative estimate of drug-likeness (QED) is 0.581. The maximum atomic E-state index is 13.0. The molecule has 2 aromatic carbocycles. The third-order valence-electron chi connectivity index (χ3n) is 4.45. The second kappa shape index (κ2) is 8.58. The van der Waals surface area contributed by atoms with Gasteiger partial charge in [-0.3, -0.25) is 9.10 Å². The van der Waals surface area contributed by atoms with Crippen molar-refractivity contribution in [3.05, 3.63) is 82.6 Å². The van der Waals surface area contributed by atoms with E-state index < -0.39 is 10.0 Å². The van der Waals surface area contributed by atoms with Crippen LogP contribution in [-0.4, -0.2) is 32.8 Å². The van der Waals surface area contributed by atoms with E-state index in [2.05, 4.69) is 0 Å². The summed E-state index contributed by atoms with van der Waals surface area (Å²) in [6.07, 6.45) is 0. The summed E-state index contributed by atoms with van der Waals surface area (Å²) in [5, 5.41) is 1.97. The summed E-state index contributed by atoms with van der Waals surface area (Å²) < 4.78 is 27.2. The first-order valence-corrected chi connectivity index (χ1v) is 11.2. The molecule has 0 aliphatic heterocycles. The first kappa shape index (κ1) is 20.1. The van der Waals surface area contributed by atoms with E-state index in [1.165, 1.54) is 23.5 Å². The largest absolute Gasteiger partial charge is 0.334 e. The van der Waals surface area contributed by atoms with Crippen molar-refractivity contribution in [1.29, 1.82) is 0 Å². The number of hydrogen-bond donors (Lipinski definition) is 0. The molecule has 28 heavy (non-hydrogen) atoms. The molecule has 0 aliphatic carbocycles. The number of thiophene rings is 1. The number of amides is 1. The number of benzene rings is 2. The molecule has 0 unspecified atom stereocenters. The summed E-state index contributed by atoms with van der Waals surface area (Å²) in [5.74, 6) is -0.185. The topological polar surface area (TPSA) is 57.7 Å². The number of carbonyl (C=O) groups is 1. The van der Waals surface area contributed by atoms with Crippen LogP contribution in [0.15, 0.2) is 77.0 Å². The molecule has 0 atom stereocenters. The van der Waals surface area contributed by atoms with Gasteiger partial charge in [-0.05, 0) is 48.7 Å². The highest BCUT2D eigenvalue weighted by atomic mass is 32.2. The van der Waals surface area contributed by atoms with E-state index >= 15 is 0 Å². The van der Waals surface area contributed by atoms with Crippen LogP contribution >= 0.6 is 11.3 Å². The van der Waals surface area contributed by atoms with Gasteiger partial charge in [0.15, 0.2) is 0 Å². The summed E-state index contributed by atoms with van der Waals surface area (Å²) in [4.78, 5) is 15.8. The lowest BCUT2D eigenvalue weighted by molar-refractivity contribution is 0.0754. The van der Waals surface area contributed by atoms with Crippen molar-refractivity contribution in [3.8, 4) is 0 Å². The van der Waals surface area contributed by atoms with Crippen molar-refractivity contribution in [2.75, 3.05) is 17.9 Å². The number of sulfonamides is 1. The number of carbonyl (C=O) groups excluding carboxylic acids is 1. The summed E-state index contributed by atoms with van der Waals surface area (Å²) in [6.45, 7) is 2.96. The fraction of sp³-hybridized carbons (Fsp3) is 0.190. The van der Waals surface area contributed by atoms with Crippen molar-refractivity contribution < 1.29 is 13.2 Å². The van der Waals surface area contributed by atoms with E-state index in [0.29, 0.717) is 24.3 Å². The zero-order chi connectivity index (χ0) is 20.1. The maximum absolute atomic E-state index is 13.0. The minimum Gasteiger partial charge on any atom is -0.334 e. The Morgan fingerprint density at radius 3 is 2.39 bits per heavy atom. The lowest BCUT2D eigenvalue weighted by Crippen LogP contribution is -2.30. The standard InChI is InChI=1S/C21H22N2O3S2/c1-3-23(16-19-12-8-14-27-19)21(24)17-9-7-13-20(15-17)28(25,26)22(2)18-10-5-4-6-11-18/h4-15H,3,16H2,1-2H3. The number of hydrogen-bond acceptors (Lipinski definition) is 4. The smallest absolute Gasteiger partial charge is 0.264 e. The number of para-hydroxylation sites is 1. The van der Waals surface area contributed by atoms with Crippen LogP contribution in [0.3, 0.4) is 0 Å². The second-order valence-corrected chi connectivity index (χ2v) is 9.24. The third-order valence-corrected chi connectivity index (χ3v) is 7.10. The average molecular weight is 415 g/mol. The van der Waals surface area contributed by atoms with Crippen LogP contribution in [0, 0.1) is 0 Å². The summed E-state index contributed by atoms with van der Waals surface area (Å²) in [7, 11) is -2.26. The van der Waals surface area contributed by atoms with Gasteiger partial charge in [-0.25, -0.2) is 8.42 Å². The Morgan fingerprint density at radius 1 is 1.00 bits per heavy atom. The van der Waals surface area contributed by atoms with Crippen molar-refractivity contribution in [1.82, 2.24) is 4.90 Å². The van der Waals surface area contributed by atoms with Crippen LogP contribution in [0.25, 0.3) is 0 Å². The molecule has 1 aromatic heterocycles. The van der Waals surface area contributed by atoms with E-state index in [-0.39, 0.29) is 10.8 Å². The van der Waals surface area contributed by atoms with Gasteiger partial charge < -0.3 is 4.90 Å². The van der Waals surface area contributed by atoms with Gasteiger partial charge >= 0.3 is 0 Å². The first-order valence-electron chi connectivity index (χ1n) is 8.89. The predicted molar refractivity (Wildman–Crippen MR) is 113 cm³/mol. The van der Waals surface area contributed by atoms with Crippen LogP contribution in [0.5, 0.6) is 0 Å². The Labute approximate surface area is 169 Å². The molecule has 146 valence electrons. The predicted octanol–water partition coefficient (Wildman–Crippen LogP) is 4.24. The maximum Gasteiger partial charge on any atom is 0.264 e. The summed E-state index contributed by atoms with van der Waals surface area (Å²) in [5.41, 5.74) is 0.924. The normalized spacial score (nSPS) is 11.2. The lowest BCUT2D eigenvalue weighted by atomic mass is 10.2. The highest BCUT2D eigenvalue weighted by molar-refractivity contribution is 7.92. The Balaban J connectivity index is 1.87. The Bertz CT molecular complexity index is 1030. The van der Waals surface area contributed by atoms with Gasteiger partial charge in [0.2, 0.25) is 0 Å². The molecule has 0 saturated carbocycles. The molecule has 3 aromatic rings. The summed E-state index contributed by atoms with van der Waals surface area (Å²) >= 11 is 1.59. The van der Waals surface area contributed by atoms with Crippen LogP contribution in [0.4, 0.5) is 5.69 Å². The second-order valence-electron chi connectivity index (χ2n) is 6.23. The van der Waals surface area contributed by atoms with E-state index in [1.54, 1.807) is 52.6 Å². The van der Waals surface area contributed by atoms with Crippen molar-refractivity contribution >= 4 is 33.0 Å². The van der Waals surface area contributed by atoms with Crippen molar-refractivity contribution in [3.63, 3.8) is 0 Å². The summed E-state index contributed by atoms with van der Waals surface area (Å²) in [6, 6.07) is 19.0. The average Bonchev–Trinajstić information content (AvgIpc) is 3.25. The molecule has 0 radical (unpaired) electrons. The molecule has 0 bridgehead atoms. The van der Waals surface area contributed by atoms with Gasteiger partial charge in [0.05, 0.1) is 17.1 Å². The molecule has 5 nitrogen and oxygen atoms in total. The Hall–Kier alpha value is -2.64. The van der Waals surface area contributed by atoms with Crippen LogP contribution in [0.2, 0.25) is 0 Å². The molecule has 0 spiro atoms. The van der Waals surface area contributed by atoms with Crippen LogP contribution in [0.1, 0.15) is 22.2 Å². The van der Waals surface area contributed by atoms with Crippen molar-refractivity contribution in [2.24, 2.45) is 0 Å². The highest BCUT2D eigenvalue weighted by Crippen LogP contribution is 2.23. The molecule has 1 amide bonds. The van der Waals surface area contributed by atoms with E-state index in [1.807, 2.05) is 30.5 Å². The number of rotatable bonds is 7. The van der Waals surface area contributed by atoms with Crippen LogP contribution < -0.4 is 4.31 Å². The van der Waals surface area contributed by atoms with Gasteiger partial charge in [-0.1, -0.05) is 30.3 Å². The zero-order valence-electron chi connectivity index (χ0n) is 15.8. The van der Waals surface area contributed by atoms with E-state index in [4.69, 9.17) is 0 Å². The SMILES string of the molecule is CCN(Cc1cccs1)C(=O)c1cccc(S(=O)(=O)N(C)c2ccccc2)c1. The molecular formula is C21H22N2O3S2. The van der Waals surface area contributed by atoms with Crippen LogP contribution in [-0.2, 0) is 16.6 Å². The monoisotopic (exact) mass is 414 g/mol. The van der Waals surface area contributed by atoms with Gasteiger partial charge in [0.25, 0.3) is 15.9 Å². The van der Waals surface area contributed by atoms with E-state index in [0.717, 1.165) is 4.88 Å².